The maximum absolute atomic E-state index is 12.1. The van der Waals surface area contributed by atoms with Gasteiger partial charge in [-0.2, -0.15) is 0 Å². The number of anilines is 1. The molecular formula is C26H46NOS+. The third-order valence-corrected chi connectivity index (χ3v) is 6.83. The second kappa shape index (κ2) is 17.9. The molecule has 0 saturated carbocycles. The minimum absolute atomic E-state index is 0.152. The van der Waals surface area contributed by atoms with Crippen LogP contribution < -0.4 is 5.32 Å². The third kappa shape index (κ3) is 14.6. The quantitative estimate of drug-likeness (QED) is 0.188. The van der Waals surface area contributed by atoms with Crippen LogP contribution in [0.15, 0.2) is 29.2 Å². The van der Waals surface area contributed by atoms with Crippen LogP contribution in [0.5, 0.6) is 0 Å². The molecule has 1 aromatic rings. The molecule has 0 heterocycles. The van der Waals surface area contributed by atoms with Crippen molar-refractivity contribution in [1.29, 1.82) is 0 Å². The van der Waals surface area contributed by atoms with Crippen LogP contribution in [0.3, 0.4) is 0 Å². The van der Waals surface area contributed by atoms with Crippen molar-refractivity contribution in [2.45, 2.75) is 115 Å². The Morgan fingerprint density at radius 2 is 1.10 bits per heavy atom. The van der Waals surface area contributed by atoms with Crippen molar-refractivity contribution in [3.05, 3.63) is 24.3 Å². The molecule has 0 aromatic heterocycles. The Hall–Kier alpha value is -0.960. The summed E-state index contributed by atoms with van der Waals surface area (Å²) in [4.78, 5) is 13.4. The monoisotopic (exact) mass is 420 g/mol. The van der Waals surface area contributed by atoms with E-state index in [0.29, 0.717) is 6.42 Å². The molecule has 2 nitrogen and oxygen atoms in total. The molecular weight excluding hydrogens is 374 g/mol. The van der Waals surface area contributed by atoms with Gasteiger partial charge in [0, 0.05) is 23.0 Å². The normalized spacial score (nSPS) is 11.2. The predicted molar refractivity (Wildman–Crippen MR) is 132 cm³/mol. The van der Waals surface area contributed by atoms with Gasteiger partial charge in [-0.15, -0.1) is 0 Å². The SMILES string of the molecule is CCCCCCCCCCCCCCCCCC(=O)Nc1ccc([S+](C)C)cc1. The van der Waals surface area contributed by atoms with E-state index in [1.165, 1.54) is 94.8 Å². The highest BCUT2D eigenvalue weighted by atomic mass is 32.2. The zero-order valence-corrected chi connectivity index (χ0v) is 20.3. The van der Waals surface area contributed by atoms with Crippen LogP contribution >= 0.6 is 0 Å². The van der Waals surface area contributed by atoms with Gasteiger partial charge in [-0.05, 0) is 30.7 Å². The van der Waals surface area contributed by atoms with Gasteiger partial charge in [0.1, 0.15) is 12.5 Å². The molecule has 1 amide bonds. The second-order valence-electron chi connectivity index (χ2n) is 8.59. The number of carbonyl (C=O) groups excluding carboxylic acids is 1. The summed E-state index contributed by atoms with van der Waals surface area (Å²) in [6.45, 7) is 2.28. The van der Waals surface area contributed by atoms with Gasteiger partial charge in [0.05, 0.1) is 0 Å². The van der Waals surface area contributed by atoms with E-state index in [-0.39, 0.29) is 16.8 Å². The predicted octanol–water partition coefficient (Wildman–Crippen LogP) is 8.12. The Bertz CT molecular complexity index is 512. The second-order valence-corrected chi connectivity index (χ2v) is 10.7. The summed E-state index contributed by atoms with van der Waals surface area (Å²) >= 11 is 0. The van der Waals surface area contributed by atoms with Crippen LogP contribution in [0.4, 0.5) is 5.69 Å². The molecule has 0 aliphatic heterocycles. The van der Waals surface area contributed by atoms with Gasteiger partial charge in [-0.1, -0.05) is 96.8 Å². The van der Waals surface area contributed by atoms with Gasteiger partial charge in [0.25, 0.3) is 0 Å². The van der Waals surface area contributed by atoms with Crippen LogP contribution in [0.25, 0.3) is 0 Å². The molecule has 1 N–H and O–H groups in total. The highest BCUT2D eigenvalue weighted by molar-refractivity contribution is 7.95. The fraction of sp³-hybridized carbons (Fsp3) is 0.731. The molecule has 29 heavy (non-hydrogen) atoms. The lowest BCUT2D eigenvalue weighted by molar-refractivity contribution is -0.116. The summed E-state index contributed by atoms with van der Waals surface area (Å²) in [5.74, 6) is 0.152. The lowest BCUT2D eigenvalue weighted by Crippen LogP contribution is -2.11. The molecule has 1 aromatic carbocycles. The number of benzene rings is 1. The minimum Gasteiger partial charge on any atom is -0.326 e. The fourth-order valence-corrected chi connectivity index (χ4v) is 4.37. The molecule has 0 aliphatic rings. The average molecular weight is 421 g/mol. The van der Waals surface area contributed by atoms with Crippen LogP contribution in [-0.4, -0.2) is 18.4 Å². The first-order chi connectivity index (χ1) is 14.1. The number of hydrogen-bond acceptors (Lipinski definition) is 1. The number of rotatable bonds is 18. The molecule has 166 valence electrons. The molecule has 0 saturated heterocycles. The van der Waals surface area contributed by atoms with E-state index in [1.807, 2.05) is 12.1 Å². The third-order valence-electron chi connectivity index (χ3n) is 5.62. The van der Waals surface area contributed by atoms with Crippen LogP contribution in [0.1, 0.15) is 110 Å². The summed E-state index contributed by atoms with van der Waals surface area (Å²) in [6, 6.07) is 8.28. The summed E-state index contributed by atoms with van der Waals surface area (Å²) in [7, 11) is 0.273. The Kier molecular flexibility index (Phi) is 16.1. The van der Waals surface area contributed by atoms with Gasteiger partial charge in [-0.25, -0.2) is 0 Å². The lowest BCUT2D eigenvalue weighted by Gasteiger charge is -2.06. The van der Waals surface area contributed by atoms with Crippen molar-refractivity contribution in [2.24, 2.45) is 0 Å². The number of unbranched alkanes of at least 4 members (excludes halogenated alkanes) is 14. The van der Waals surface area contributed by atoms with Gasteiger partial charge in [0.2, 0.25) is 5.91 Å². The van der Waals surface area contributed by atoms with E-state index >= 15 is 0 Å². The molecule has 0 aliphatic carbocycles. The van der Waals surface area contributed by atoms with Crippen LogP contribution in [-0.2, 0) is 15.7 Å². The molecule has 0 unspecified atom stereocenters. The Morgan fingerprint density at radius 1 is 0.690 bits per heavy atom. The molecule has 3 heteroatoms. The van der Waals surface area contributed by atoms with Gasteiger partial charge >= 0.3 is 0 Å². The Balaban J connectivity index is 1.87. The molecule has 0 fully saturated rings. The van der Waals surface area contributed by atoms with Crippen molar-refractivity contribution in [3.63, 3.8) is 0 Å². The van der Waals surface area contributed by atoms with Crippen molar-refractivity contribution in [2.75, 3.05) is 17.8 Å². The summed E-state index contributed by atoms with van der Waals surface area (Å²) < 4.78 is 0. The number of nitrogens with one attached hydrogen (secondary N) is 1. The van der Waals surface area contributed by atoms with Crippen molar-refractivity contribution in [3.8, 4) is 0 Å². The molecule has 0 radical (unpaired) electrons. The highest BCUT2D eigenvalue weighted by Crippen LogP contribution is 2.16. The van der Waals surface area contributed by atoms with E-state index in [0.717, 1.165) is 12.1 Å². The molecule has 0 spiro atoms. The van der Waals surface area contributed by atoms with Crippen LogP contribution in [0.2, 0.25) is 0 Å². The first-order valence-corrected chi connectivity index (χ1v) is 14.1. The molecule has 0 atom stereocenters. The van der Waals surface area contributed by atoms with E-state index in [4.69, 9.17) is 0 Å². The number of amides is 1. The van der Waals surface area contributed by atoms with E-state index < -0.39 is 0 Å². The lowest BCUT2D eigenvalue weighted by atomic mass is 10.0. The first kappa shape index (κ1) is 26.1. The Labute approximate surface area is 184 Å². The standard InChI is InChI=1S/C26H45NOS/c1-4-5-6-7-8-9-10-11-12-13-14-15-16-17-18-19-26(28)27-24-20-22-25(23-21-24)29(2)3/h20-23H,4-19H2,1-3H3/p+1. The number of hydrogen-bond donors (Lipinski definition) is 1. The van der Waals surface area contributed by atoms with E-state index in [1.54, 1.807) is 0 Å². The maximum Gasteiger partial charge on any atom is 0.224 e. The smallest absolute Gasteiger partial charge is 0.224 e. The topological polar surface area (TPSA) is 29.1 Å². The minimum atomic E-state index is 0.152. The fourth-order valence-electron chi connectivity index (χ4n) is 3.69. The molecule has 0 bridgehead atoms. The largest absolute Gasteiger partial charge is 0.326 e. The summed E-state index contributed by atoms with van der Waals surface area (Å²) in [5.41, 5.74) is 0.921. The zero-order valence-electron chi connectivity index (χ0n) is 19.4. The zero-order chi connectivity index (χ0) is 21.2. The average Bonchev–Trinajstić information content (AvgIpc) is 2.71. The summed E-state index contributed by atoms with van der Waals surface area (Å²) in [6.07, 6.45) is 25.4. The van der Waals surface area contributed by atoms with Gasteiger partial charge in [-0.3, -0.25) is 4.79 Å². The highest BCUT2D eigenvalue weighted by Gasteiger charge is 2.08. The Morgan fingerprint density at radius 3 is 1.52 bits per heavy atom. The van der Waals surface area contributed by atoms with Gasteiger partial charge in [0.15, 0.2) is 4.90 Å². The van der Waals surface area contributed by atoms with Crippen LogP contribution in [0, 0.1) is 0 Å². The van der Waals surface area contributed by atoms with Crippen molar-refractivity contribution >= 4 is 22.5 Å². The van der Waals surface area contributed by atoms with Crippen molar-refractivity contribution in [1.82, 2.24) is 0 Å². The maximum atomic E-state index is 12.1. The number of carbonyl (C=O) groups is 1. The van der Waals surface area contributed by atoms with Gasteiger partial charge < -0.3 is 5.32 Å². The van der Waals surface area contributed by atoms with E-state index in [2.05, 4.69) is 36.9 Å². The first-order valence-electron chi connectivity index (χ1n) is 12.1. The van der Waals surface area contributed by atoms with Crippen molar-refractivity contribution < 1.29 is 4.79 Å². The summed E-state index contributed by atoms with van der Waals surface area (Å²) in [5, 5.41) is 3.02. The van der Waals surface area contributed by atoms with E-state index in [9.17, 15) is 4.79 Å². The molecule has 1 rings (SSSR count).